The first-order chi connectivity index (χ1) is 9.45. The second-order valence-electron chi connectivity index (χ2n) is 5.25. The minimum absolute atomic E-state index is 0.00181. The maximum absolute atomic E-state index is 12.1. The molecule has 1 saturated carbocycles. The van der Waals surface area contributed by atoms with Gasteiger partial charge in [0.25, 0.3) is 5.91 Å². The van der Waals surface area contributed by atoms with Gasteiger partial charge in [0, 0.05) is 24.1 Å². The van der Waals surface area contributed by atoms with Gasteiger partial charge in [-0.3, -0.25) is 4.79 Å². The summed E-state index contributed by atoms with van der Waals surface area (Å²) < 4.78 is 27.8. The Balaban J connectivity index is 1.66. The molecule has 0 spiro atoms. The van der Waals surface area contributed by atoms with E-state index >= 15 is 0 Å². The van der Waals surface area contributed by atoms with Crippen molar-refractivity contribution in [2.24, 2.45) is 11.1 Å². The molecule has 3 rings (SSSR count). The second kappa shape index (κ2) is 4.83. The summed E-state index contributed by atoms with van der Waals surface area (Å²) in [7, 11) is -3.72. The third-order valence-electron chi connectivity index (χ3n) is 4.03. The fraction of sp³-hybridized carbons (Fsp3) is 0.462. The lowest BCUT2D eigenvalue weighted by molar-refractivity contribution is 0.00810. The standard InChI is InChI=1S/C13H16N2O4S/c14-20(17,18)9-3-1-8(2-4-9)13(16)15-11-7-12-10(11)5-6-19-12/h1-4,10-12H,5-7H2,(H,15,16)(H2,14,17,18)/t10-,11+,12+/m0/s1. The summed E-state index contributed by atoms with van der Waals surface area (Å²) in [4.78, 5) is 12.1. The number of hydrogen-bond acceptors (Lipinski definition) is 4. The molecule has 2 aliphatic rings. The van der Waals surface area contributed by atoms with E-state index in [0.717, 1.165) is 19.4 Å². The van der Waals surface area contributed by atoms with E-state index in [0.29, 0.717) is 17.6 Å². The van der Waals surface area contributed by atoms with E-state index in [1.165, 1.54) is 24.3 Å². The van der Waals surface area contributed by atoms with Crippen LogP contribution in [0.25, 0.3) is 0 Å². The number of hydrogen-bond donors (Lipinski definition) is 2. The summed E-state index contributed by atoms with van der Waals surface area (Å²) in [6.45, 7) is 0.769. The van der Waals surface area contributed by atoms with Gasteiger partial charge in [-0.2, -0.15) is 0 Å². The Morgan fingerprint density at radius 3 is 2.60 bits per heavy atom. The first-order valence-electron chi connectivity index (χ1n) is 6.50. The minimum Gasteiger partial charge on any atom is -0.378 e. The molecule has 1 saturated heterocycles. The first kappa shape index (κ1) is 13.5. The Kier molecular flexibility index (Phi) is 3.27. The molecule has 3 N–H and O–H groups in total. The number of rotatable bonds is 3. The maximum Gasteiger partial charge on any atom is 0.251 e. The lowest BCUT2D eigenvalue weighted by Crippen LogP contribution is -2.53. The van der Waals surface area contributed by atoms with E-state index in [2.05, 4.69) is 5.32 Å². The molecule has 108 valence electrons. The highest BCUT2D eigenvalue weighted by Crippen LogP contribution is 2.38. The fourth-order valence-corrected chi connectivity index (χ4v) is 3.33. The summed E-state index contributed by atoms with van der Waals surface area (Å²) in [5.41, 5.74) is 0.430. The number of carbonyl (C=O) groups is 1. The van der Waals surface area contributed by atoms with Crippen molar-refractivity contribution in [1.29, 1.82) is 0 Å². The lowest BCUT2D eigenvalue weighted by Gasteiger charge is -2.39. The molecule has 2 fully saturated rings. The minimum atomic E-state index is -3.72. The summed E-state index contributed by atoms with van der Waals surface area (Å²) >= 11 is 0. The highest BCUT2D eigenvalue weighted by Gasteiger charge is 2.45. The van der Waals surface area contributed by atoms with Gasteiger partial charge in [-0.15, -0.1) is 0 Å². The summed E-state index contributed by atoms with van der Waals surface area (Å²) in [5.74, 6) is 0.226. The van der Waals surface area contributed by atoms with Crippen molar-refractivity contribution in [2.45, 2.75) is 29.9 Å². The summed E-state index contributed by atoms with van der Waals surface area (Å²) in [5, 5.41) is 7.97. The van der Waals surface area contributed by atoms with E-state index in [9.17, 15) is 13.2 Å². The van der Waals surface area contributed by atoms with Crippen molar-refractivity contribution in [1.82, 2.24) is 5.32 Å². The molecule has 1 amide bonds. The molecule has 0 aromatic heterocycles. The van der Waals surface area contributed by atoms with Crippen LogP contribution in [0.2, 0.25) is 0 Å². The molecule has 0 radical (unpaired) electrons. The molecule has 1 aromatic rings. The van der Waals surface area contributed by atoms with E-state index in [1.54, 1.807) is 0 Å². The number of primary sulfonamides is 1. The zero-order valence-electron chi connectivity index (χ0n) is 10.8. The Hall–Kier alpha value is -1.44. The van der Waals surface area contributed by atoms with Gasteiger partial charge < -0.3 is 10.1 Å². The van der Waals surface area contributed by atoms with Crippen molar-refractivity contribution in [2.75, 3.05) is 6.61 Å². The molecular formula is C13H16N2O4S. The van der Waals surface area contributed by atoms with Crippen molar-refractivity contribution in [3.63, 3.8) is 0 Å². The van der Waals surface area contributed by atoms with Crippen LogP contribution in [0.3, 0.4) is 0 Å². The van der Waals surface area contributed by atoms with Crippen molar-refractivity contribution >= 4 is 15.9 Å². The van der Waals surface area contributed by atoms with Crippen LogP contribution in [0.15, 0.2) is 29.2 Å². The molecule has 1 aliphatic heterocycles. The summed E-state index contributed by atoms with van der Waals surface area (Å²) in [6.07, 6.45) is 2.14. The van der Waals surface area contributed by atoms with Gasteiger partial charge >= 0.3 is 0 Å². The average Bonchev–Trinajstić information content (AvgIpc) is 2.76. The molecule has 0 unspecified atom stereocenters. The number of sulfonamides is 1. The summed E-state index contributed by atoms with van der Waals surface area (Å²) in [6, 6.07) is 5.78. The third kappa shape index (κ3) is 2.44. The number of amides is 1. The Labute approximate surface area is 117 Å². The first-order valence-corrected chi connectivity index (χ1v) is 8.05. The highest BCUT2D eigenvalue weighted by molar-refractivity contribution is 7.89. The molecule has 7 heteroatoms. The van der Waals surface area contributed by atoms with Gasteiger partial charge in [-0.25, -0.2) is 13.6 Å². The van der Waals surface area contributed by atoms with Crippen LogP contribution < -0.4 is 10.5 Å². The number of nitrogens with one attached hydrogen (secondary N) is 1. The molecule has 20 heavy (non-hydrogen) atoms. The number of carbonyl (C=O) groups excluding carboxylic acids is 1. The van der Waals surface area contributed by atoms with Crippen molar-refractivity contribution in [3.8, 4) is 0 Å². The molecule has 3 atom stereocenters. The zero-order chi connectivity index (χ0) is 14.3. The lowest BCUT2D eigenvalue weighted by atomic mass is 9.76. The van der Waals surface area contributed by atoms with Gasteiger partial charge in [0.15, 0.2) is 0 Å². The number of fused-ring (bicyclic) bond motifs is 1. The van der Waals surface area contributed by atoms with E-state index < -0.39 is 10.0 Å². The maximum atomic E-state index is 12.1. The van der Waals surface area contributed by atoms with E-state index in [1.807, 2.05) is 0 Å². The molecular weight excluding hydrogens is 280 g/mol. The monoisotopic (exact) mass is 296 g/mol. The van der Waals surface area contributed by atoms with Crippen LogP contribution in [-0.2, 0) is 14.8 Å². The third-order valence-corrected chi connectivity index (χ3v) is 4.95. The van der Waals surface area contributed by atoms with Gasteiger partial charge in [0.2, 0.25) is 10.0 Å². The van der Waals surface area contributed by atoms with Crippen LogP contribution in [0.1, 0.15) is 23.2 Å². The zero-order valence-corrected chi connectivity index (χ0v) is 11.6. The quantitative estimate of drug-likeness (QED) is 0.834. The van der Waals surface area contributed by atoms with Crippen LogP contribution >= 0.6 is 0 Å². The average molecular weight is 296 g/mol. The van der Waals surface area contributed by atoms with Crippen LogP contribution in [0.4, 0.5) is 0 Å². The molecule has 0 bridgehead atoms. The number of nitrogens with two attached hydrogens (primary N) is 1. The van der Waals surface area contributed by atoms with E-state index in [4.69, 9.17) is 9.88 Å². The normalized spacial score (nSPS) is 28.6. The van der Waals surface area contributed by atoms with Crippen LogP contribution in [0.5, 0.6) is 0 Å². The molecule has 6 nitrogen and oxygen atoms in total. The Morgan fingerprint density at radius 1 is 1.30 bits per heavy atom. The predicted octanol–water partition coefficient (Wildman–Crippen LogP) is 0.241. The van der Waals surface area contributed by atoms with Crippen LogP contribution in [0, 0.1) is 5.92 Å². The smallest absolute Gasteiger partial charge is 0.251 e. The molecule has 1 aliphatic carbocycles. The van der Waals surface area contributed by atoms with E-state index in [-0.39, 0.29) is 16.8 Å². The van der Waals surface area contributed by atoms with Crippen molar-refractivity contribution < 1.29 is 17.9 Å². The highest BCUT2D eigenvalue weighted by atomic mass is 32.2. The molecule has 1 heterocycles. The number of benzene rings is 1. The Bertz CT molecular complexity index is 626. The van der Waals surface area contributed by atoms with Crippen LogP contribution in [-0.4, -0.2) is 33.1 Å². The van der Waals surface area contributed by atoms with Crippen molar-refractivity contribution in [3.05, 3.63) is 29.8 Å². The topological polar surface area (TPSA) is 98.5 Å². The fourth-order valence-electron chi connectivity index (χ4n) is 2.81. The van der Waals surface area contributed by atoms with Gasteiger partial charge in [-0.05, 0) is 37.1 Å². The van der Waals surface area contributed by atoms with Gasteiger partial charge in [0.1, 0.15) is 0 Å². The SMILES string of the molecule is NS(=O)(=O)c1ccc(C(=O)N[C@@H]2C[C@H]3OCC[C@@H]23)cc1. The number of ether oxygens (including phenoxy) is 1. The Morgan fingerprint density at radius 2 is 2.00 bits per heavy atom. The predicted molar refractivity (Wildman–Crippen MR) is 71.5 cm³/mol. The van der Waals surface area contributed by atoms with Gasteiger partial charge in [0.05, 0.1) is 11.0 Å². The second-order valence-corrected chi connectivity index (χ2v) is 6.81. The van der Waals surface area contributed by atoms with Gasteiger partial charge in [-0.1, -0.05) is 0 Å². The molecule has 1 aromatic carbocycles. The largest absolute Gasteiger partial charge is 0.378 e.